The molecule has 5 nitrogen and oxygen atoms in total. The molecule has 25 heavy (non-hydrogen) atoms. The minimum Gasteiger partial charge on any atom is -0.339 e. The zero-order valence-electron chi connectivity index (χ0n) is 14.4. The van der Waals surface area contributed by atoms with Crippen molar-refractivity contribution in [1.82, 2.24) is 4.90 Å². The highest BCUT2D eigenvalue weighted by Gasteiger charge is 2.18. The van der Waals surface area contributed by atoms with Crippen LogP contribution in [-0.2, 0) is 21.4 Å². The predicted octanol–water partition coefficient (Wildman–Crippen LogP) is 3.82. The van der Waals surface area contributed by atoms with Gasteiger partial charge in [0.15, 0.2) is 0 Å². The van der Waals surface area contributed by atoms with E-state index in [0.29, 0.717) is 29.4 Å². The number of hydrogen-bond donors (Lipinski definition) is 1. The van der Waals surface area contributed by atoms with Crippen LogP contribution >= 0.6 is 11.6 Å². The number of benzene rings is 2. The Kier molecular flexibility index (Phi) is 6.08. The molecule has 0 bridgehead atoms. The molecule has 134 valence electrons. The standard InChI is InChI=1S/C18H21ClN2O3S/c1-4-21(14(3)22)12-15-7-5-8-16(11-15)20-25(23,24)18-10-6-9-17(19)13(18)2/h5-11,20H,4,12H2,1-3H3. The molecule has 1 amide bonds. The summed E-state index contributed by atoms with van der Waals surface area (Å²) in [6.45, 7) is 6.09. The SMILES string of the molecule is CCN(Cc1cccc(NS(=O)(=O)c2cccc(Cl)c2C)c1)C(C)=O. The average Bonchev–Trinajstić information content (AvgIpc) is 2.54. The van der Waals surface area contributed by atoms with Crippen molar-refractivity contribution in [2.24, 2.45) is 0 Å². The fraction of sp³-hybridized carbons (Fsp3) is 0.278. The van der Waals surface area contributed by atoms with Crippen molar-refractivity contribution < 1.29 is 13.2 Å². The molecule has 0 saturated carbocycles. The maximum Gasteiger partial charge on any atom is 0.262 e. The van der Waals surface area contributed by atoms with E-state index in [9.17, 15) is 13.2 Å². The van der Waals surface area contributed by atoms with E-state index in [1.807, 2.05) is 13.0 Å². The van der Waals surface area contributed by atoms with Crippen molar-refractivity contribution in [1.29, 1.82) is 0 Å². The summed E-state index contributed by atoms with van der Waals surface area (Å²) in [4.78, 5) is 13.4. The number of nitrogens with zero attached hydrogens (tertiary/aromatic N) is 1. The van der Waals surface area contributed by atoms with Gasteiger partial charge in [-0.05, 0) is 49.2 Å². The highest BCUT2D eigenvalue weighted by atomic mass is 35.5. The summed E-state index contributed by atoms with van der Waals surface area (Å²) in [5.41, 5.74) is 1.79. The minimum atomic E-state index is -3.75. The molecule has 0 heterocycles. The third-order valence-corrected chi connectivity index (χ3v) is 5.82. The van der Waals surface area contributed by atoms with E-state index in [4.69, 9.17) is 11.6 Å². The number of hydrogen-bond acceptors (Lipinski definition) is 3. The number of nitrogens with one attached hydrogen (secondary N) is 1. The second-order valence-electron chi connectivity index (χ2n) is 5.70. The Balaban J connectivity index is 2.27. The predicted molar refractivity (Wildman–Crippen MR) is 100 cm³/mol. The molecule has 2 aromatic rings. The van der Waals surface area contributed by atoms with Gasteiger partial charge in [-0.2, -0.15) is 0 Å². The lowest BCUT2D eigenvalue weighted by Crippen LogP contribution is -2.27. The summed E-state index contributed by atoms with van der Waals surface area (Å²) < 4.78 is 27.9. The molecule has 0 atom stereocenters. The first-order valence-electron chi connectivity index (χ1n) is 7.87. The molecule has 2 aromatic carbocycles. The molecule has 0 unspecified atom stereocenters. The van der Waals surface area contributed by atoms with Gasteiger partial charge in [-0.1, -0.05) is 29.8 Å². The first-order chi connectivity index (χ1) is 11.7. The summed E-state index contributed by atoms with van der Waals surface area (Å²) in [5.74, 6) is -0.0250. The van der Waals surface area contributed by atoms with Gasteiger partial charge in [0.2, 0.25) is 5.91 Å². The third-order valence-electron chi connectivity index (χ3n) is 3.89. The van der Waals surface area contributed by atoms with E-state index in [1.165, 1.54) is 13.0 Å². The van der Waals surface area contributed by atoms with Gasteiger partial charge in [0.1, 0.15) is 0 Å². The quantitative estimate of drug-likeness (QED) is 0.828. The lowest BCUT2D eigenvalue weighted by atomic mass is 10.2. The molecule has 0 aliphatic carbocycles. The van der Waals surface area contributed by atoms with E-state index in [2.05, 4.69) is 4.72 Å². The Morgan fingerprint density at radius 1 is 1.20 bits per heavy atom. The molecule has 7 heteroatoms. The van der Waals surface area contributed by atoms with Crippen molar-refractivity contribution in [3.63, 3.8) is 0 Å². The van der Waals surface area contributed by atoms with Crippen LogP contribution in [0.4, 0.5) is 5.69 Å². The largest absolute Gasteiger partial charge is 0.339 e. The molecule has 0 aromatic heterocycles. The monoisotopic (exact) mass is 380 g/mol. The minimum absolute atomic E-state index is 0.0250. The van der Waals surface area contributed by atoms with Gasteiger partial charge in [0.25, 0.3) is 10.0 Å². The number of halogens is 1. The highest BCUT2D eigenvalue weighted by molar-refractivity contribution is 7.92. The van der Waals surface area contributed by atoms with Crippen molar-refractivity contribution in [2.45, 2.75) is 32.2 Å². The number of amides is 1. The van der Waals surface area contributed by atoms with Crippen LogP contribution in [0.25, 0.3) is 0 Å². The Labute approximate surface area is 153 Å². The van der Waals surface area contributed by atoms with Gasteiger partial charge in [0.05, 0.1) is 4.90 Å². The van der Waals surface area contributed by atoms with Crippen LogP contribution in [0, 0.1) is 6.92 Å². The van der Waals surface area contributed by atoms with Crippen LogP contribution in [0.15, 0.2) is 47.4 Å². The van der Waals surface area contributed by atoms with Crippen LogP contribution < -0.4 is 4.72 Å². The molecule has 0 aliphatic rings. The van der Waals surface area contributed by atoms with Crippen molar-refractivity contribution >= 4 is 33.2 Å². The van der Waals surface area contributed by atoms with Crippen LogP contribution in [0.5, 0.6) is 0 Å². The summed E-state index contributed by atoms with van der Waals surface area (Å²) in [6, 6.07) is 11.8. The van der Waals surface area contributed by atoms with Crippen LogP contribution in [0.1, 0.15) is 25.0 Å². The lowest BCUT2D eigenvalue weighted by Gasteiger charge is -2.19. The Morgan fingerprint density at radius 2 is 1.88 bits per heavy atom. The topological polar surface area (TPSA) is 66.5 Å². The van der Waals surface area contributed by atoms with Gasteiger partial charge in [0, 0.05) is 30.7 Å². The Morgan fingerprint density at radius 3 is 2.52 bits per heavy atom. The van der Waals surface area contributed by atoms with Gasteiger partial charge in [-0.25, -0.2) is 8.42 Å². The van der Waals surface area contributed by atoms with E-state index >= 15 is 0 Å². The van der Waals surface area contributed by atoms with Gasteiger partial charge in [-0.15, -0.1) is 0 Å². The maximum atomic E-state index is 12.6. The van der Waals surface area contributed by atoms with E-state index < -0.39 is 10.0 Å². The number of rotatable bonds is 6. The zero-order chi connectivity index (χ0) is 18.6. The van der Waals surface area contributed by atoms with Crippen LogP contribution in [0.3, 0.4) is 0 Å². The van der Waals surface area contributed by atoms with Gasteiger partial charge < -0.3 is 4.90 Å². The van der Waals surface area contributed by atoms with E-state index in [0.717, 1.165) is 5.56 Å². The van der Waals surface area contributed by atoms with Crippen LogP contribution in [0.2, 0.25) is 5.02 Å². The maximum absolute atomic E-state index is 12.6. The zero-order valence-corrected chi connectivity index (χ0v) is 16.0. The fourth-order valence-electron chi connectivity index (χ4n) is 2.49. The number of carbonyl (C=O) groups is 1. The molecule has 0 saturated heterocycles. The normalized spacial score (nSPS) is 11.2. The summed E-state index contributed by atoms with van der Waals surface area (Å²) in [5, 5.41) is 0.400. The average molecular weight is 381 g/mol. The van der Waals surface area contributed by atoms with E-state index in [1.54, 1.807) is 42.2 Å². The Bertz CT molecular complexity index is 882. The number of sulfonamides is 1. The van der Waals surface area contributed by atoms with Crippen LogP contribution in [-0.4, -0.2) is 25.8 Å². The molecule has 1 N–H and O–H groups in total. The second-order valence-corrected chi connectivity index (χ2v) is 7.76. The van der Waals surface area contributed by atoms with Crippen molar-refractivity contribution in [3.05, 3.63) is 58.6 Å². The number of carbonyl (C=O) groups excluding carboxylic acids is 1. The number of anilines is 1. The van der Waals surface area contributed by atoms with Gasteiger partial charge in [-0.3, -0.25) is 9.52 Å². The van der Waals surface area contributed by atoms with E-state index in [-0.39, 0.29) is 10.8 Å². The molecular formula is C18H21ClN2O3S. The molecule has 0 aliphatic heterocycles. The second kappa shape index (κ2) is 7.89. The van der Waals surface area contributed by atoms with Gasteiger partial charge >= 0.3 is 0 Å². The van der Waals surface area contributed by atoms with Crippen molar-refractivity contribution in [3.8, 4) is 0 Å². The summed E-state index contributed by atoms with van der Waals surface area (Å²) in [6.07, 6.45) is 0. The highest BCUT2D eigenvalue weighted by Crippen LogP contribution is 2.25. The third kappa shape index (κ3) is 4.74. The van der Waals surface area contributed by atoms with Crippen molar-refractivity contribution in [2.75, 3.05) is 11.3 Å². The first kappa shape index (κ1) is 19.3. The molecule has 2 rings (SSSR count). The molecule has 0 fully saturated rings. The lowest BCUT2D eigenvalue weighted by molar-refractivity contribution is -0.129. The fourth-order valence-corrected chi connectivity index (χ4v) is 4.04. The summed E-state index contributed by atoms with van der Waals surface area (Å²) >= 11 is 6.02. The Hall–Kier alpha value is -2.05. The summed E-state index contributed by atoms with van der Waals surface area (Å²) in [7, 11) is -3.75. The smallest absolute Gasteiger partial charge is 0.262 e. The molecule has 0 spiro atoms. The molecular weight excluding hydrogens is 360 g/mol. The first-order valence-corrected chi connectivity index (χ1v) is 9.73. The molecule has 0 radical (unpaired) electrons.